The van der Waals surface area contributed by atoms with Crippen molar-refractivity contribution in [3.63, 3.8) is 0 Å². The van der Waals surface area contributed by atoms with Crippen LogP contribution in [0.15, 0.2) is 0 Å². The van der Waals surface area contributed by atoms with Crippen LogP contribution in [0.4, 0.5) is 0 Å². The quantitative estimate of drug-likeness (QED) is 0.403. The molecule has 0 radical (unpaired) electrons. The van der Waals surface area contributed by atoms with Gasteiger partial charge in [0.05, 0.1) is 6.07 Å². The van der Waals surface area contributed by atoms with E-state index in [1.54, 1.807) is 0 Å². The van der Waals surface area contributed by atoms with E-state index in [1.807, 2.05) is 0 Å². The third-order valence-corrected chi connectivity index (χ3v) is 2.19. The van der Waals surface area contributed by atoms with Gasteiger partial charge in [-0.1, -0.05) is 41.9 Å². The normalized spacial score (nSPS) is 9.20. The van der Waals surface area contributed by atoms with Crippen molar-refractivity contribution in [3.8, 4) is 6.07 Å². The Morgan fingerprint density at radius 1 is 1.00 bits per heavy atom. The van der Waals surface area contributed by atoms with Gasteiger partial charge in [-0.25, -0.2) is 0 Å². The highest BCUT2D eigenvalue weighted by Crippen LogP contribution is 2.05. The van der Waals surface area contributed by atoms with Gasteiger partial charge in [-0.15, -0.1) is 0 Å². The van der Waals surface area contributed by atoms with E-state index in [1.165, 1.54) is 30.1 Å². The molecule has 0 atom stereocenters. The monoisotopic (exact) mass is 251 g/mol. The predicted octanol–water partition coefficient (Wildman–Crippen LogP) is 3.29. The summed E-state index contributed by atoms with van der Waals surface area (Å²) in [6, 6.07) is 2.16. The van der Waals surface area contributed by atoms with Crippen molar-refractivity contribution in [2.75, 3.05) is 4.43 Å². The summed E-state index contributed by atoms with van der Waals surface area (Å²) in [5, 5.41) is 8.22. The SMILES string of the molecule is N#CCCCCCCCI. The molecule has 0 heterocycles. The van der Waals surface area contributed by atoms with E-state index in [2.05, 4.69) is 28.7 Å². The van der Waals surface area contributed by atoms with Gasteiger partial charge in [0.15, 0.2) is 0 Å². The maximum atomic E-state index is 8.22. The molecule has 0 aromatic carbocycles. The predicted molar refractivity (Wildman–Crippen MR) is 52.2 cm³/mol. The molecule has 1 nitrogen and oxygen atoms in total. The zero-order valence-electron chi connectivity index (χ0n) is 6.27. The summed E-state index contributed by atoms with van der Waals surface area (Å²) < 4.78 is 1.27. The zero-order chi connectivity index (χ0) is 7.66. The second-order valence-corrected chi connectivity index (χ2v) is 3.44. The summed E-state index contributed by atoms with van der Waals surface area (Å²) in [6.45, 7) is 0. The number of nitrogens with zero attached hydrogens (tertiary/aromatic N) is 1. The lowest BCUT2D eigenvalue weighted by Crippen LogP contribution is -1.78. The molecule has 10 heavy (non-hydrogen) atoms. The highest BCUT2D eigenvalue weighted by molar-refractivity contribution is 14.1. The van der Waals surface area contributed by atoms with Crippen LogP contribution < -0.4 is 0 Å². The highest BCUT2D eigenvalue weighted by Gasteiger charge is 1.88. The smallest absolute Gasteiger partial charge is 0.0621 e. The molecule has 0 fully saturated rings. The summed E-state index contributed by atoms with van der Waals surface area (Å²) in [4.78, 5) is 0. The molecule has 0 spiro atoms. The van der Waals surface area contributed by atoms with Crippen LogP contribution in [0.1, 0.15) is 38.5 Å². The lowest BCUT2D eigenvalue weighted by Gasteiger charge is -1.94. The molecule has 0 bridgehead atoms. The van der Waals surface area contributed by atoms with Gasteiger partial charge in [0, 0.05) is 6.42 Å². The fraction of sp³-hybridized carbons (Fsp3) is 0.875. The van der Waals surface area contributed by atoms with Crippen molar-refractivity contribution >= 4 is 22.6 Å². The summed E-state index contributed by atoms with van der Waals surface area (Å²) in [5.41, 5.74) is 0. The van der Waals surface area contributed by atoms with E-state index in [9.17, 15) is 0 Å². The van der Waals surface area contributed by atoms with Crippen LogP contribution >= 0.6 is 22.6 Å². The number of hydrogen-bond acceptors (Lipinski definition) is 1. The number of nitriles is 1. The fourth-order valence-corrected chi connectivity index (χ4v) is 1.37. The Morgan fingerprint density at radius 2 is 1.60 bits per heavy atom. The Labute approximate surface area is 76.9 Å². The Hall–Kier alpha value is 0.220. The molecule has 58 valence electrons. The molecule has 0 aliphatic rings. The Balaban J connectivity index is 2.72. The molecule has 0 rings (SSSR count). The molecule has 0 saturated heterocycles. The minimum absolute atomic E-state index is 0.740. The zero-order valence-corrected chi connectivity index (χ0v) is 8.43. The second-order valence-electron chi connectivity index (χ2n) is 2.36. The van der Waals surface area contributed by atoms with Gasteiger partial charge in [0.1, 0.15) is 0 Å². The number of rotatable bonds is 6. The van der Waals surface area contributed by atoms with Crippen molar-refractivity contribution < 1.29 is 0 Å². The number of unbranched alkanes of at least 4 members (excludes halogenated alkanes) is 5. The summed E-state index contributed by atoms with van der Waals surface area (Å²) >= 11 is 2.40. The third kappa shape index (κ3) is 8.22. The van der Waals surface area contributed by atoms with E-state index in [0.29, 0.717) is 0 Å². The van der Waals surface area contributed by atoms with E-state index >= 15 is 0 Å². The van der Waals surface area contributed by atoms with Crippen molar-refractivity contribution in [2.24, 2.45) is 0 Å². The lowest BCUT2D eigenvalue weighted by atomic mass is 10.1. The lowest BCUT2D eigenvalue weighted by molar-refractivity contribution is 0.644. The van der Waals surface area contributed by atoms with Gasteiger partial charge in [0.2, 0.25) is 0 Å². The van der Waals surface area contributed by atoms with Crippen LogP contribution in [0.25, 0.3) is 0 Å². The Kier molecular flexibility index (Phi) is 9.42. The van der Waals surface area contributed by atoms with E-state index < -0.39 is 0 Å². The maximum Gasteiger partial charge on any atom is 0.0621 e. The van der Waals surface area contributed by atoms with Crippen LogP contribution in [-0.2, 0) is 0 Å². The fourth-order valence-electron chi connectivity index (χ4n) is 0.829. The van der Waals surface area contributed by atoms with Crippen LogP contribution in [0, 0.1) is 11.3 Å². The average molecular weight is 251 g/mol. The molecule has 0 aliphatic carbocycles. The largest absolute Gasteiger partial charge is 0.198 e. The minimum atomic E-state index is 0.740. The first kappa shape index (κ1) is 10.2. The van der Waals surface area contributed by atoms with Gasteiger partial charge in [0.25, 0.3) is 0 Å². The summed E-state index contributed by atoms with van der Waals surface area (Å²) in [5.74, 6) is 0. The van der Waals surface area contributed by atoms with Crippen molar-refractivity contribution in [3.05, 3.63) is 0 Å². The van der Waals surface area contributed by atoms with E-state index in [4.69, 9.17) is 5.26 Å². The van der Waals surface area contributed by atoms with Gasteiger partial charge in [-0.05, 0) is 17.3 Å². The molecular weight excluding hydrogens is 237 g/mol. The molecule has 0 aromatic rings. The molecular formula is C8H14IN. The van der Waals surface area contributed by atoms with Gasteiger partial charge in [-0.2, -0.15) is 5.26 Å². The first-order valence-electron chi connectivity index (χ1n) is 3.84. The van der Waals surface area contributed by atoms with Crippen molar-refractivity contribution in [1.82, 2.24) is 0 Å². The van der Waals surface area contributed by atoms with Crippen LogP contribution in [0.2, 0.25) is 0 Å². The minimum Gasteiger partial charge on any atom is -0.198 e. The third-order valence-electron chi connectivity index (χ3n) is 1.42. The topological polar surface area (TPSA) is 23.8 Å². The Bertz CT molecular complexity index is 95.9. The molecule has 0 amide bonds. The average Bonchev–Trinajstić information content (AvgIpc) is 1.97. The summed E-state index contributed by atoms with van der Waals surface area (Å²) in [6.07, 6.45) is 7.07. The molecule has 0 aliphatic heterocycles. The maximum absolute atomic E-state index is 8.22. The number of hydrogen-bond donors (Lipinski definition) is 0. The highest BCUT2D eigenvalue weighted by atomic mass is 127. The molecule has 0 saturated carbocycles. The van der Waals surface area contributed by atoms with Crippen molar-refractivity contribution in [2.45, 2.75) is 38.5 Å². The number of halogens is 1. The summed E-state index contributed by atoms with van der Waals surface area (Å²) in [7, 11) is 0. The standard InChI is InChI=1S/C8H14IN/c9-7-5-3-1-2-4-6-8-10/h1-7H2. The molecule has 0 aromatic heterocycles. The van der Waals surface area contributed by atoms with Gasteiger partial charge < -0.3 is 0 Å². The van der Waals surface area contributed by atoms with Gasteiger partial charge >= 0.3 is 0 Å². The first-order chi connectivity index (χ1) is 4.91. The Morgan fingerprint density at radius 3 is 2.20 bits per heavy atom. The first-order valence-corrected chi connectivity index (χ1v) is 5.37. The van der Waals surface area contributed by atoms with Crippen molar-refractivity contribution in [1.29, 1.82) is 5.26 Å². The van der Waals surface area contributed by atoms with Crippen LogP contribution in [0.3, 0.4) is 0 Å². The van der Waals surface area contributed by atoms with Crippen LogP contribution in [0.5, 0.6) is 0 Å². The molecule has 2 heteroatoms. The van der Waals surface area contributed by atoms with Crippen LogP contribution in [-0.4, -0.2) is 4.43 Å². The van der Waals surface area contributed by atoms with E-state index in [-0.39, 0.29) is 0 Å². The molecule has 0 N–H and O–H groups in total. The number of alkyl halides is 1. The van der Waals surface area contributed by atoms with Gasteiger partial charge in [-0.3, -0.25) is 0 Å². The van der Waals surface area contributed by atoms with E-state index in [0.717, 1.165) is 12.8 Å². The second kappa shape index (κ2) is 9.22. The molecule has 0 unspecified atom stereocenters.